The quantitative estimate of drug-likeness (QED) is 0.0410. The van der Waals surface area contributed by atoms with Crippen molar-refractivity contribution in [3.63, 3.8) is 0 Å². The van der Waals surface area contributed by atoms with E-state index in [1.165, 1.54) is 20.3 Å². The lowest BCUT2D eigenvalue weighted by atomic mass is 9.79. The first kappa shape index (κ1) is 53.8. The Morgan fingerprint density at radius 1 is 0.853 bits per heavy atom. The third-order valence-electron chi connectivity index (χ3n) is 12.6. The molecule has 12 nitrogen and oxygen atoms in total. The first-order valence-electron chi connectivity index (χ1n) is 23.8. The maximum Gasteiger partial charge on any atom is 0.333 e. The van der Waals surface area contributed by atoms with E-state index in [4.69, 9.17) is 23.5 Å². The van der Waals surface area contributed by atoms with Gasteiger partial charge in [-0.1, -0.05) is 89.5 Å². The van der Waals surface area contributed by atoms with Gasteiger partial charge in [0.1, 0.15) is 23.3 Å². The Morgan fingerprint density at radius 3 is 1.93 bits per heavy atom. The molecule has 1 aromatic heterocycles. The second-order valence-corrected chi connectivity index (χ2v) is 19.7. The summed E-state index contributed by atoms with van der Waals surface area (Å²) in [5.74, 6) is 0.830. The number of hydrogen-bond donors (Lipinski definition) is 1. The van der Waals surface area contributed by atoms with Gasteiger partial charge in [-0.05, 0) is 129 Å². The molecule has 2 unspecified atom stereocenters. The molecule has 13 heteroatoms. The minimum atomic E-state index is -2.14. The molecule has 0 amide bonds. The predicted molar refractivity (Wildman–Crippen MR) is 272 cm³/mol. The highest BCUT2D eigenvalue weighted by Gasteiger charge is 2.46. The van der Waals surface area contributed by atoms with Crippen molar-refractivity contribution < 1.29 is 28.4 Å². The van der Waals surface area contributed by atoms with Crippen molar-refractivity contribution in [1.82, 2.24) is 13.8 Å². The van der Waals surface area contributed by atoms with Crippen molar-refractivity contribution in [3.05, 3.63) is 163 Å². The summed E-state index contributed by atoms with van der Waals surface area (Å²) in [4.78, 5) is 39.9. The van der Waals surface area contributed by atoms with Crippen LogP contribution in [0.3, 0.4) is 0 Å². The van der Waals surface area contributed by atoms with Crippen LogP contribution in [0.5, 0.6) is 11.5 Å². The van der Waals surface area contributed by atoms with Crippen molar-refractivity contribution >= 4 is 8.53 Å². The van der Waals surface area contributed by atoms with E-state index in [1.807, 2.05) is 124 Å². The number of hydrogen-bond acceptors (Lipinski definition) is 10. The Labute approximate surface area is 405 Å². The van der Waals surface area contributed by atoms with E-state index >= 15 is 0 Å². The van der Waals surface area contributed by atoms with Gasteiger partial charge < -0.3 is 28.4 Å². The number of methoxy groups -OCH3 is 2. The summed E-state index contributed by atoms with van der Waals surface area (Å²) in [6.45, 7) is 18.2. The molecule has 0 saturated carbocycles. The van der Waals surface area contributed by atoms with Crippen LogP contribution >= 0.6 is 8.53 Å². The molecular weight excluding hydrogens is 876 g/mol. The van der Waals surface area contributed by atoms with Gasteiger partial charge in [0.25, 0.3) is 14.1 Å². The van der Waals surface area contributed by atoms with Crippen LogP contribution in [0.1, 0.15) is 122 Å². The Kier molecular flexibility index (Phi) is 20.2. The van der Waals surface area contributed by atoms with E-state index in [0.717, 1.165) is 47.9 Å². The molecule has 0 spiro atoms. The Morgan fingerprint density at radius 2 is 1.40 bits per heavy atom. The molecule has 366 valence electrons. The van der Waals surface area contributed by atoms with E-state index in [1.54, 1.807) is 27.3 Å². The molecule has 1 N–H and O–H groups in total. The van der Waals surface area contributed by atoms with Gasteiger partial charge in [-0.15, -0.1) is 0 Å². The van der Waals surface area contributed by atoms with Crippen LogP contribution in [0.2, 0.25) is 0 Å². The summed E-state index contributed by atoms with van der Waals surface area (Å²) in [6, 6.07) is 27.6. The maximum atomic E-state index is 14.5. The molecule has 68 heavy (non-hydrogen) atoms. The van der Waals surface area contributed by atoms with Gasteiger partial charge in [-0.2, -0.15) is 5.26 Å². The average Bonchev–Trinajstić information content (AvgIpc) is 3.74. The second-order valence-electron chi connectivity index (χ2n) is 18.5. The number of aromatic nitrogens is 2. The zero-order chi connectivity index (χ0) is 49.5. The number of nitrogens with zero attached hydrogens (tertiary/aromatic N) is 4. The topological polar surface area (TPSA) is 137 Å². The second kappa shape index (κ2) is 25.5. The maximum absolute atomic E-state index is 14.5. The summed E-state index contributed by atoms with van der Waals surface area (Å²) in [5, 5.41) is 10.3. The fourth-order valence-corrected chi connectivity index (χ4v) is 10.4. The van der Waals surface area contributed by atoms with Gasteiger partial charge in [0.15, 0.2) is 0 Å². The van der Waals surface area contributed by atoms with Crippen molar-refractivity contribution in [1.29, 1.82) is 5.26 Å². The molecule has 0 aliphatic carbocycles. The van der Waals surface area contributed by atoms with Crippen molar-refractivity contribution in [2.24, 2.45) is 5.92 Å². The van der Waals surface area contributed by atoms with Crippen molar-refractivity contribution in [2.45, 2.75) is 144 Å². The Bertz CT molecular complexity index is 2430. The first-order valence-corrected chi connectivity index (χ1v) is 24.9. The smallest absolute Gasteiger partial charge is 0.333 e. The number of benzene rings is 3. The molecule has 1 aliphatic heterocycles. The summed E-state index contributed by atoms with van der Waals surface area (Å²) in [7, 11) is 1.11. The highest BCUT2D eigenvalue weighted by molar-refractivity contribution is 7.43. The highest BCUT2D eigenvalue weighted by atomic mass is 31.2. The van der Waals surface area contributed by atoms with Crippen LogP contribution in [0, 0.1) is 24.2 Å². The molecule has 1 fully saturated rings. The molecular formula is C55H73N4O8P. The number of ether oxygens (including phenoxy) is 4. The third-order valence-corrected chi connectivity index (χ3v) is 14.4. The lowest BCUT2D eigenvalue weighted by Gasteiger charge is -2.38. The van der Waals surface area contributed by atoms with E-state index < -0.39 is 44.2 Å². The van der Waals surface area contributed by atoms with Gasteiger partial charge >= 0.3 is 5.69 Å². The largest absolute Gasteiger partial charge is 0.497 e. The molecule has 5 atom stereocenters. The predicted octanol–water partition coefficient (Wildman–Crippen LogP) is 11.3. The van der Waals surface area contributed by atoms with E-state index in [2.05, 4.69) is 39.0 Å². The third kappa shape index (κ3) is 13.6. The van der Waals surface area contributed by atoms with Crippen LogP contribution < -0.4 is 20.7 Å². The zero-order valence-corrected chi connectivity index (χ0v) is 42.9. The summed E-state index contributed by atoms with van der Waals surface area (Å²) in [6.07, 6.45) is 9.51. The van der Waals surface area contributed by atoms with Gasteiger partial charge in [0, 0.05) is 42.7 Å². The number of allylic oxidation sites excluding steroid dienone is 6. The van der Waals surface area contributed by atoms with E-state index in [9.17, 15) is 19.7 Å². The SMILES string of the molecule is COc1ccc(C(OC[C@@H]2O[C@@H](n3cc(C)c(=O)n(C/C=C(\C)CC/C=C(\C)CCC=C(C)C)c3=O)C[C@@H]2C(CC#N)OP(O)N(C(C)C)C(C)C)(c2ccccc2)c2ccc(OC)cc2)cc1. The van der Waals surface area contributed by atoms with Crippen LogP contribution in [0.4, 0.5) is 0 Å². The molecule has 0 bridgehead atoms. The molecule has 1 aliphatic rings. The van der Waals surface area contributed by atoms with Gasteiger partial charge in [0.2, 0.25) is 0 Å². The summed E-state index contributed by atoms with van der Waals surface area (Å²) < 4.78 is 36.6. The molecule has 2 heterocycles. The molecule has 5 rings (SSSR count). The number of aryl methyl sites for hydroxylation is 1. The highest BCUT2D eigenvalue weighted by Crippen LogP contribution is 2.48. The normalized spacial score (nSPS) is 17.6. The minimum Gasteiger partial charge on any atom is -0.497 e. The summed E-state index contributed by atoms with van der Waals surface area (Å²) >= 11 is 0. The van der Waals surface area contributed by atoms with Crippen molar-refractivity contribution in [2.75, 3.05) is 20.8 Å². The lowest BCUT2D eigenvalue weighted by molar-refractivity contribution is -0.0924. The van der Waals surface area contributed by atoms with Crippen LogP contribution in [-0.2, 0) is 26.1 Å². The lowest BCUT2D eigenvalue weighted by Crippen LogP contribution is -2.42. The summed E-state index contributed by atoms with van der Waals surface area (Å²) in [5.41, 5.74) is 4.55. The van der Waals surface area contributed by atoms with Crippen LogP contribution in [-0.4, -0.2) is 63.8 Å². The van der Waals surface area contributed by atoms with Crippen LogP contribution in [0.25, 0.3) is 0 Å². The standard InChI is InChI=1S/C55H73N4O8P/c1-38(2)17-15-18-41(7)19-16-20-42(8)32-34-57-53(60)43(9)36-58(54(57)61)52-35-49(50(31-33-56)67-68(62)59(39(3)4)40(5)6)51(66-52)37-65-55(44-21-13-12-14-22-44,45-23-27-47(63-10)28-24-45)46-25-29-48(64-11)30-26-46/h12-14,17,19,21-30,32,36,39-40,49-52,62H,15-16,18,20,31,34-35,37H2,1-11H3/b41-19+,42-32+/t49-,50?,51+,52-,68?/m1/s1. The van der Waals surface area contributed by atoms with E-state index in [0.29, 0.717) is 17.1 Å². The first-order chi connectivity index (χ1) is 32.5. The monoisotopic (exact) mass is 949 g/mol. The Hall–Kier alpha value is -5.12. The molecule has 3 aromatic carbocycles. The number of rotatable bonds is 24. The van der Waals surface area contributed by atoms with Crippen LogP contribution in [0.15, 0.2) is 130 Å². The molecule has 1 saturated heterocycles. The van der Waals surface area contributed by atoms with Crippen molar-refractivity contribution in [3.8, 4) is 17.6 Å². The fraction of sp³-hybridized carbons (Fsp3) is 0.473. The minimum absolute atomic E-state index is 0.0149. The van der Waals surface area contributed by atoms with Gasteiger partial charge in [-0.3, -0.25) is 13.9 Å². The molecule has 0 radical (unpaired) electrons. The van der Waals surface area contributed by atoms with Gasteiger partial charge in [-0.25, -0.2) is 9.46 Å². The average molecular weight is 949 g/mol. The zero-order valence-electron chi connectivity index (χ0n) is 42.0. The fourth-order valence-electron chi connectivity index (χ4n) is 8.99. The van der Waals surface area contributed by atoms with Gasteiger partial charge in [0.05, 0.1) is 45.5 Å². The molecule has 4 aromatic rings. The Balaban J connectivity index is 1.56. The number of nitriles is 1. The van der Waals surface area contributed by atoms with E-state index in [-0.39, 0.29) is 43.6 Å².